The summed E-state index contributed by atoms with van der Waals surface area (Å²) in [4.78, 5) is 20.2. The number of halogens is 3. The SMILES string of the molecule is Cc1cc(C(F)(F)F)nn1-c1ccc(C2CN(C(=O)N3CC4(CC(c5nnc(C6CC6)[nH]5)C4)C3)C2)cc1. The molecule has 4 fully saturated rings. The van der Waals surface area contributed by atoms with Crippen LogP contribution >= 0.6 is 0 Å². The summed E-state index contributed by atoms with van der Waals surface area (Å²) in [6.07, 6.45) is 0.0709. The van der Waals surface area contributed by atoms with E-state index in [9.17, 15) is 18.0 Å². The summed E-state index contributed by atoms with van der Waals surface area (Å²) >= 11 is 0. The number of H-pyrrole nitrogens is 1. The molecule has 2 saturated carbocycles. The number of amides is 2. The number of carbonyl (C=O) groups excluding carboxylic acids is 1. The topological polar surface area (TPSA) is 82.9 Å². The molecule has 2 amide bonds. The first-order valence-corrected chi connectivity index (χ1v) is 12.9. The monoisotopic (exact) mass is 511 g/mol. The lowest BCUT2D eigenvalue weighted by molar-refractivity contribution is -0.141. The van der Waals surface area contributed by atoms with Crippen molar-refractivity contribution in [3.05, 3.63) is 58.9 Å². The van der Waals surface area contributed by atoms with Crippen LogP contribution in [-0.4, -0.2) is 67.0 Å². The zero-order chi connectivity index (χ0) is 25.5. The van der Waals surface area contributed by atoms with Gasteiger partial charge < -0.3 is 14.8 Å². The van der Waals surface area contributed by atoms with E-state index in [-0.39, 0.29) is 17.4 Å². The summed E-state index contributed by atoms with van der Waals surface area (Å²) in [5, 5.41) is 12.4. The average Bonchev–Trinajstić information content (AvgIpc) is 3.37. The summed E-state index contributed by atoms with van der Waals surface area (Å²) in [6.45, 7) is 4.54. The number of likely N-dealkylation sites (tertiary alicyclic amines) is 2. The van der Waals surface area contributed by atoms with Crippen LogP contribution in [0.1, 0.15) is 72.0 Å². The van der Waals surface area contributed by atoms with E-state index in [1.807, 2.05) is 21.9 Å². The van der Waals surface area contributed by atoms with Crippen LogP contribution in [0.25, 0.3) is 5.69 Å². The van der Waals surface area contributed by atoms with Crippen molar-refractivity contribution >= 4 is 6.03 Å². The van der Waals surface area contributed by atoms with Gasteiger partial charge in [-0.3, -0.25) is 0 Å². The number of aromatic nitrogens is 5. The maximum absolute atomic E-state index is 13.0. The van der Waals surface area contributed by atoms with Gasteiger partial charge in [-0.1, -0.05) is 12.1 Å². The number of benzene rings is 1. The van der Waals surface area contributed by atoms with Gasteiger partial charge in [0.25, 0.3) is 0 Å². The molecule has 0 bridgehead atoms. The molecule has 4 heterocycles. The Balaban J connectivity index is 0.900. The Labute approximate surface area is 211 Å². The van der Waals surface area contributed by atoms with Crippen LogP contribution in [0, 0.1) is 12.3 Å². The molecule has 2 aliphatic carbocycles. The fourth-order valence-electron chi connectivity index (χ4n) is 6.16. The van der Waals surface area contributed by atoms with E-state index >= 15 is 0 Å². The molecule has 194 valence electrons. The van der Waals surface area contributed by atoms with Gasteiger partial charge in [0.05, 0.1) is 5.69 Å². The highest BCUT2D eigenvalue weighted by Crippen LogP contribution is 2.56. The standard InChI is InChI=1S/C26H28F3N7O/c1-15-8-21(26(27,28)29)33-36(15)20-6-4-16(5-7-20)19-11-34(12-19)24(37)35-13-25(14-35)9-18(10-25)23-30-22(31-32-23)17-2-3-17/h4-8,17-19H,2-3,9-14H2,1H3,(H,30,31,32). The molecule has 0 radical (unpaired) electrons. The van der Waals surface area contributed by atoms with Gasteiger partial charge in [-0.25, -0.2) is 9.48 Å². The third kappa shape index (κ3) is 3.90. The number of aryl methyl sites for hydroxylation is 1. The Morgan fingerprint density at radius 3 is 2.22 bits per heavy atom. The lowest BCUT2D eigenvalue weighted by Crippen LogP contribution is -2.67. The van der Waals surface area contributed by atoms with Crippen LogP contribution in [0.2, 0.25) is 0 Å². The molecule has 11 heteroatoms. The summed E-state index contributed by atoms with van der Waals surface area (Å²) in [6, 6.07) is 8.56. The number of rotatable bonds is 4. The summed E-state index contributed by atoms with van der Waals surface area (Å²) in [7, 11) is 0. The number of alkyl halides is 3. The van der Waals surface area contributed by atoms with E-state index in [4.69, 9.17) is 0 Å². The van der Waals surface area contributed by atoms with Crippen molar-refractivity contribution in [2.45, 2.75) is 56.5 Å². The summed E-state index contributed by atoms with van der Waals surface area (Å²) < 4.78 is 40.2. The lowest BCUT2D eigenvalue weighted by Gasteiger charge is -2.59. The van der Waals surface area contributed by atoms with Gasteiger partial charge >= 0.3 is 12.2 Å². The number of nitrogens with one attached hydrogen (secondary N) is 1. The molecule has 37 heavy (non-hydrogen) atoms. The molecule has 7 rings (SSSR count). The Morgan fingerprint density at radius 2 is 1.62 bits per heavy atom. The predicted octanol–water partition coefficient (Wildman–Crippen LogP) is 4.59. The van der Waals surface area contributed by atoms with Crippen LogP contribution in [0.5, 0.6) is 0 Å². The smallest absolute Gasteiger partial charge is 0.328 e. The Morgan fingerprint density at radius 1 is 0.973 bits per heavy atom. The molecule has 4 aliphatic rings. The molecule has 2 saturated heterocycles. The Hall–Kier alpha value is -3.37. The zero-order valence-corrected chi connectivity index (χ0v) is 20.5. The van der Waals surface area contributed by atoms with Gasteiger partial charge in [0.1, 0.15) is 11.6 Å². The van der Waals surface area contributed by atoms with Gasteiger partial charge in [0.2, 0.25) is 0 Å². The van der Waals surface area contributed by atoms with Gasteiger partial charge in [-0.15, -0.1) is 10.2 Å². The van der Waals surface area contributed by atoms with Crippen LogP contribution in [0.15, 0.2) is 30.3 Å². The van der Waals surface area contributed by atoms with E-state index in [0.29, 0.717) is 36.3 Å². The van der Waals surface area contributed by atoms with Gasteiger partial charge in [0, 0.05) is 55.0 Å². The van der Waals surface area contributed by atoms with Crippen molar-refractivity contribution in [2.75, 3.05) is 26.2 Å². The fourth-order valence-corrected chi connectivity index (χ4v) is 6.16. The van der Waals surface area contributed by atoms with Crippen molar-refractivity contribution in [1.82, 2.24) is 34.8 Å². The van der Waals surface area contributed by atoms with E-state index in [1.54, 1.807) is 19.1 Å². The largest absolute Gasteiger partial charge is 0.435 e. The zero-order valence-electron chi connectivity index (χ0n) is 20.5. The second kappa shape index (κ2) is 7.82. The highest BCUT2D eigenvalue weighted by atomic mass is 19.4. The molecular formula is C26H28F3N7O. The van der Waals surface area contributed by atoms with Gasteiger partial charge in [-0.05, 0) is 56.4 Å². The Bertz CT molecular complexity index is 1340. The van der Waals surface area contributed by atoms with Crippen LogP contribution in [0.4, 0.5) is 18.0 Å². The minimum absolute atomic E-state index is 0.101. The van der Waals surface area contributed by atoms with Gasteiger partial charge in [0.15, 0.2) is 5.69 Å². The Kier molecular flexibility index (Phi) is 4.82. The van der Waals surface area contributed by atoms with E-state index in [2.05, 4.69) is 20.3 Å². The van der Waals surface area contributed by atoms with Crippen molar-refractivity contribution in [3.8, 4) is 5.69 Å². The normalized spacial score (nSPS) is 21.6. The lowest BCUT2D eigenvalue weighted by atomic mass is 9.57. The molecule has 1 aromatic carbocycles. The molecule has 1 N–H and O–H groups in total. The van der Waals surface area contributed by atoms with E-state index in [1.165, 1.54) is 17.5 Å². The highest BCUT2D eigenvalue weighted by Gasteiger charge is 2.56. The average molecular weight is 512 g/mol. The number of hydrogen-bond donors (Lipinski definition) is 1. The third-order valence-electron chi connectivity index (χ3n) is 8.49. The van der Waals surface area contributed by atoms with Crippen molar-refractivity contribution in [3.63, 3.8) is 0 Å². The molecule has 8 nitrogen and oxygen atoms in total. The number of aromatic amines is 1. The number of carbonyl (C=O) groups is 1. The molecule has 0 atom stereocenters. The first-order chi connectivity index (χ1) is 17.7. The van der Waals surface area contributed by atoms with Crippen LogP contribution in [-0.2, 0) is 6.18 Å². The van der Waals surface area contributed by atoms with Gasteiger partial charge in [-0.2, -0.15) is 18.3 Å². The molecule has 0 unspecified atom stereocenters. The fraction of sp³-hybridized carbons (Fsp3) is 0.538. The number of nitrogens with zero attached hydrogens (tertiary/aromatic N) is 6. The second-order valence-electron chi connectivity index (χ2n) is 11.4. The van der Waals surface area contributed by atoms with E-state index in [0.717, 1.165) is 49.2 Å². The molecule has 3 aromatic rings. The minimum Gasteiger partial charge on any atom is -0.328 e. The molecule has 1 spiro atoms. The first kappa shape index (κ1) is 22.8. The maximum atomic E-state index is 13.0. The third-order valence-corrected chi connectivity index (χ3v) is 8.49. The maximum Gasteiger partial charge on any atom is 0.435 e. The van der Waals surface area contributed by atoms with Crippen molar-refractivity contribution < 1.29 is 18.0 Å². The predicted molar refractivity (Wildman–Crippen MR) is 127 cm³/mol. The molecular weight excluding hydrogens is 483 g/mol. The quantitative estimate of drug-likeness (QED) is 0.555. The van der Waals surface area contributed by atoms with Crippen molar-refractivity contribution in [1.29, 1.82) is 0 Å². The minimum atomic E-state index is -4.47. The summed E-state index contributed by atoms with van der Waals surface area (Å²) in [5.41, 5.74) is 1.43. The molecule has 2 aromatic heterocycles. The van der Waals surface area contributed by atoms with Crippen molar-refractivity contribution in [2.24, 2.45) is 5.41 Å². The first-order valence-electron chi connectivity index (χ1n) is 12.9. The molecule has 2 aliphatic heterocycles. The highest BCUT2D eigenvalue weighted by molar-refractivity contribution is 5.77. The van der Waals surface area contributed by atoms with Crippen LogP contribution < -0.4 is 0 Å². The number of urea groups is 1. The van der Waals surface area contributed by atoms with Crippen LogP contribution in [0.3, 0.4) is 0 Å². The number of hydrogen-bond acceptors (Lipinski definition) is 4. The second-order valence-corrected chi connectivity index (χ2v) is 11.4. The summed E-state index contributed by atoms with van der Waals surface area (Å²) in [5.74, 6) is 3.29. The van der Waals surface area contributed by atoms with E-state index < -0.39 is 11.9 Å².